The van der Waals surface area contributed by atoms with Gasteiger partial charge in [-0.1, -0.05) is 0 Å². The van der Waals surface area contributed by atoms with Gasteiger partial charge in [0, 0.05) is 0 Å². The molecular weight excluding hydrogens is 356 g/mol. The monoisotopic (exact) mass is 376 g/mol. The maximum absolute atomic E-state index is 14.8. The topological polar surface area (TPSA) is 20.3 Å². The van der Waals surface area contributed by atoms with Crippen LogP contribution in [-0.4, -0.2) is 11.9 Å². The second-order valence-corrected chi connectivity index (χ2v) is 7.32. The van der Waals surface area contributed by atoms with Gasteiger partial charge in [-0.2, -0.15) is 0 Å². The van der Waals surface area contributed by atoms with Crippen molar-refractivity contribution in [1.82, 2.24) is 0 Å². The summed E-state index contributed by atoms with van der Waals surface area (Å²) in [6.45, 7) is 1.87. The fraction of sp³-hybridized carbons (Fsp3) is 0.350. The fourth-order valence-electron chi connectivity index (χ4n) is 3.48. The number of benzene rings is 2. The summed E-state index contributed by atoms with van der Waals surface area (Å²) in [5.74, 6) is -1.45. The molecule has 1 amide bonds. The van der Waals surface area contributed by atoms with Gasteiger partial charge in [-0.15, -0.1) is 0 Å². The molecule has 0 bridgehead atoms. The van der Waals surface area contributed by atoms with Crippen molar-refractivity contribution in [3.63, 3.8) is 0 Å². The molecule has 0 spiro atoms. The molecule has 2 aromatic rings. The average molecular weight is 376 g/mol. The summed E-state index contributed by atoms with van der Waals surface area (Å²) in [6, 6.07) is 9.91. The van der Waals surface area contributed by atoms with E-state index in [9.17, 15) is 13.6 Å². The molecule has 0 aliphatic heterocycles. The summed E-state index contributed by atoms with van der Waals surface area (Å²) < 4.78 is 28.5. The van der Waals surface area contributed by atoms with Crippen LogP contribution >= 0.6 is 0 Å². The number of hydrogen-bond donors (Lipinski definition) is 0. The van der Waals surface area contributed by atoms with Crippen molar-refractivity contribution >= 4 is 15.5 Å². The Balaban J connectivity index is 2.09. The Bertz CT molecular complexity index is 787. The van der Waals surface area contributed by atoms with E-state index in [0.717, 1.165) is 37.7 Å². The van der Waals surface area contributed by atoms with Crippen LogP contribution in [0.5, 0.6) is 0 Å². The van der Waals surface area contributed by atoms with Crippen LogP contribution in [0.1, 0.15) is 48.0 Å². The summed E-state index contributed by atoms with van der Waals surface area (Å²) >= 11 is 1.41. The minimum absolute atomic E-state index is 0.0455. The average Bonchev–Trinajstić information content (AvgIpc) is 2.63. The van der Waals surface area contributed by atoms with Crippen LogP contribution in [0.15, 0.2) is 36.4 Å². The van der Waals surface area contributed by atoms with Gasteiger partial charge in [0.25, 0.3) is 0 Å². The van der Waals surface area contributed by atoms with E-state index in [2.05, 4.69) is 0 Å². The summed E-state index contributed by atoms with van der Waals surface area (Å²) in [5.41, 5.74) is 1.60. The van der Waals surface area contributed by atoms with Crippen molar-refractivity contribution in [3.8, 4) is 0 Å². The van der Waals surface area contributed by atoms with E-state index in [1.165, 1.54) is 32.6 Å². The van der Waals surface area contributed by atoms with E-state index in [0.29, 0.717) is 5.56 Å². The first-order valence-corrected chi connectivity index (χ1v) is 9.37. The zero-order valence-corrected chi connectivity index (χ0v) is 15.7. The van der Waals surface area contributed by atoms with Crippen LogP contribution < -0.4 is 8.77 Å². The van der Waals surface area contributed by atoms with Gasteiger partial charge >= 0.3 is 159 Å². The maximum atomic E-state index is 14.8. The molecule has 1 saturated carbocycles. The van der Waals surface area contributed by atoms with Crippen molar-refractivity contribution in [3.05, 3.63) is 59.2 Å². The predicted octanol–water partition coefficient (Wildman–Crippen LogP) is 4.42. The van der Waals surface area contributed by atoms with Gasteiger partial charge in [0.05, 0.1) is 0 Å². The first-order valence-electron chi connectivity index (χ1n) is 8.59. The Morgan fingerprint density at radius 2 is 1.76 bits per heavy atom. The van der Waals surface area contributed by atoms with Crippen LogP contribution in [-0.2, 0) is 20.4 Å². The van der Waals surface area contributed by atoms with Gasteiger partial charge in [0.2, 0.25) is 0 Å². The Morgan fingerprint density at radius 1 is 1.08 bits per heavy atom. The first-order chi connectivity index (χ1) is 12.0. The molecule has 5 heteroatoms. The van der Waals surface area contributed by atoms with Crippen LogP contribution in [0.25, 0.3) is 0 Å². The molecule has 129 valence electrons. The molecule has 0 heterocycles. The van der Waals surface area contributed by atoms with E-state index < -0.39 is 11.6 Å². The van der Waals surface area contributed by atoms with Crippen molar-refractivity contribution in [2.24, 2.45) is 0 Å². The second kappa shape index (κ2) is 7.80. The summed E-state index contributed by atoms with van der Waals surface area (Å²) in [5, 5.41) is 0. The van der Waals surface area contributed by atoms with E-state index in [1.54, 1.807) is 11.0 Å². The van der Waals surface area contributed by atoms with Crippen molar-refractivity contribution in [2.45, 2.75) is 45.1 Å². The molecular formula is C20H20F2NOTi. The Labute approximate surface area is 158 Å². The van der Waals surface area contributed by atoms with Gasteiger partial charge in [-0.3, -0.25) is 0 Å². The molecule has 0 radical (unpaired) electrons. The van der Waals surface area contributed by atoms with Crippen LogP contribution in [0.2, 0.25) is 0 Å². The SMILES string of the molecule is Cc1ccccc1C(=O)N(c1ccc(F)[c]([Ti])c1F)C1CCCCC1. The number of halogens is 2. The Hall–Kier alpha value is -1.52. The molecule has 0 atom stereocenters. The molecule has 0 aromatic heterocycles. The Morgan fingerprint density at radius 3 is 2.44 bits per heavy atom. The second-order valence-electron chi connectivity index (χ2n) is 6.54. The molecule has 0 N–H and O–H groups in total. The van der Waals surface area contributed by atoms with Crippen molar-refractivity contribution in [2.75, 3.05) is 4.90 Å². The molecule has 3 rings (SSSR count). The van der Waals surface area contributed by atoms with E-state index in [-0.39, 0.29) is 21.5 Å². The third-order valence-corrected chi connectivity index (χ3v) is 5.58. The Kier molecular flexibility index (Phi) is 5.70. The van der Waals surface area contributed by atoms with Crippen molar-refractivity contribution in [1.29, 1.82) is 0 Å². The number of carbonyl (C=O) groups is 1. The number of nitrogens with zero attached hydrogens (tertiary/aromatic N) is 1. The van der Waals surface area contributed by atoms with Gasteiger partial charge in [0.1, 0.15) is 0 Å². The van der Waals surface area contributed by atoms with Crippen LogP contribution in [0.4, 0.5) is 14.5 Å². The number of amides is 1. The molecule has 25 heavy (non-hydrogen) atoms. The third-order valence-electron chi connectivity index (χ3n) is 4.86. The number of carbonyl (C=O) groups excluding carboxylic acids is 1. The summed E-state index contributed by atoms with van der Waals surface area (Å²) in [4.78, 5) is 14.8. The van der Waals surface area contributed by atoms with Gasteiger partial charge in [0.15, 0.2) is 0 Å². The zero-order valence-electron chi connectivity index (χ0n) is 14.2. The summed E-state index contributed by atoms with van der Waals surface area (Å²) in [6.07, 6.45) is 4.85. The molecule has 2 aromatic carbocycles. The standard InChI is InChI=1S/C20H20F2NO.Ti/c1-14-7-5-6-10-17(14)20(24)23(16-8-3-2-4-9-16)19-12-11-15(21)13-18(19)22;/h5-7,10-12,16H,2-4,8-9H2,1H3;. The van der Waals surface area contributed by atoms with Crippen molar-refractivity contribution < 1.29 is 34.0 Å². The molecule has 1 aliphatic carbocycles. The van der Waals surface area contributed by atoms with Gasteiger partial charge < -0.3 is 0 Å². The number of aryl methyl sites for hydroxylation is 1. The van der Waals surface area contributed by atoms with Crippen LogP contribution in [0.3, 0.4) is 0 Å². The number of rotatable bonds is 3. The quantitative estimate of drug-likeness (QED) is 0.726. The predicted molar refractivity (Wildman–Crippen MR) is 90.9 cm³/mol. The molecule has 1 aliphatic rings. The van der Waals surface area contributed by atoms with E-state index in [4.69, 9.17) is 0 Å². The minimum atomic E-state index is -0.646. The molecule has 0 unspecified atom stereocenters. The van der Waals surface area contributed by atoms with Gasteiger partial charge in [-0.05, 0) is 0 Å². The van der Waals surface area contributed by atoms with E-state index >= 15 is 0 Å². The fourth-order valence-corrected chi connectivity index (χ4v) is 3.81. The molecule has 0 saturated heterocycles. The number of hydrogen-bond acceptors (Lipinski definition) is 1. The number of anilines is 1. The third kappa shape index (κ3) is 3.70. The first kappa shape index (κ1) is 18.3. The van der Waals surface area contributed by atoms with E-state index in [1.807, 2.05) is 25.1 Å². The summed E-state index contributed by atoms with van der Waals surface area (Å²) in [7, 11) is 0. The molecule has 2 nitrogen and oxygen atoms in total. The molecule has 1 fully saturated rings. The van der Waals surface area contributed by atoms with Crippen LogP contribution in [0, 0.1) is 18.6 Å². The normalized spacial score (nSPS) is 15.1. The van der Waals surface area contributed by atoms with Gasteiger partial charge in [-0.25, -0.2) is 0 Å². The zero-order chi connectivity index (χ0) is 18.0.